The third-order valence-electron chi connectivity index (χ3n) is 2.57. The van der Waals surface area contributed by atoms with Crippen LogP contribution in [0.15, 0.2) is 4.99 Å². The van der Waals surface area contributed by atoms with Crippen molar-refractivity contribution >= 4 is 5.84 Å². The van der Waals surface area contributed by atoms with Crippen LogP contribution in [0.5, 0.6) is 0 Å². The van der Waals surface area contributed by atoms with Crippen molar-refractivity contribution in [1.82, 2.24) is 5.32 Å². The van der Waals surface area contributed by atoms with Crippen LogP contribution in [0.4, 0.5) is 0 Å². The molecule has 4 nitrogen and oxygen atoms in total. The molecular weight excluding hydrogens is 180 g/mol. The summed E-state index contributed by atoms with van der Waals surface area (Å²) in [4.78, 5) is 4.16. The van der Waals surface area contributed by atoms with E-state index in [-0.39, 0.29) is 0 Å². The maximum Gasteiger partial charge on any atom is 0.205 e. The van der Waals surface area contributed by atoms with Gasteiger partial charge in [0.25, 0.3) is 0 Å². The van der Waals surface area contributed by atoms with Crippen molar-refractivity contribution in [2.45, 2.75) is 57.9 Å². The molecule has 1 rings (SSSR count). The molecule has 2 unspecified atom stereocenters. The third-order valence-corrected chi connectivity index (χ3v) is 2.57. The van der Waals surface area contributed by atoms with Crippen LogP contribution in [0.3, 0.4) is 0 Å². The first-order valence-electron chi connectivity index (χ1n) is 5.27. The second-order valence-electron chi connectivity index (χ2n) is 4.07. The van der Waals surface area contributed by atoms with Crippen LogP contribution < -0.4 is 5.32 Å². The van der Waals surface area contributed by atoms with Crippen molar-refractivity contribution in [2.75, 3.05) is 0 Å². The van der Waals surface area contributed by atoms with E-state index in [0.29, 0.717) is 12.3 Å². The van der Waals surface area contributed by atoms with E-state index in [2.05, 4.69) is 10.3 Å². The molecular formula is C10H20N2O2. The maximum absolute atomic E-state index is 10.1. The minimum atomic E-state index is -1.35. The number of nitrogens with zero attached hydrogens (tertiary/aromatic N) is 1. The van der Waals surface area contributed by atoms with Crippen molar-refractivity contribution in [1.29, 1.82) is 0 Å². The van der Waals surface area contributed by atoms with Crippen LogP contribution in [0.25, 0.3) is 0 Å². The molecule has 14 heavy (non-hydrogen) atoms. The zero-order chi connectivity index (χ0) is 10.8. The molecule has 1 aliphatic heterocycles. The highest BCUT2D eigenvalue weighted by atomic mass is 16.4. The zero-order valence-corrected chi connectivity index (χ0v) is 9.17. The number of aliphatic imine (C=N–C) groups is 1. The van der Waals surface area contributed by atoms with Crippen molar-refractivity contribution < 1.29 is 10.2 Å². The molecule has 0 amide bonds. The molecule has 0 spiro atoms. The summed E-state index contributed by atoms with van der Waals surface area (Å²) in [6.45, 7) is 5.56. The smallest absolute Gasteiger partial charge is 0.205 e. The minimum Gasteiger partial charge on any atom is -0.367 e. The number of amidine groups is 1. The van der Waals surface area contributed by atoms with Gasteiger partial charge in [0, 0.05) is 12.8 Å². The van der Waals surface area contributed by atoms with Crippen LogP contribution >= 0.6 is 0 Å². The Hall–Kier alpha value is -0.610. The van der Waals surface area contributed by atoms with Crippen molar-refractivity contribution in [2.24, 2.45) is 4.99 Å². The van der Waals surface area contributed by atoms with E-state index in [1.54, 1.807) is 6.92 Å². The molecule has 2 atom stereocenters. The quantitative estimate of drug-likeness (QED) is 0.634. The van der Waals surface area contributed by atoms with E-state index < -0.39 is 11.4 Å². The highest BCUT2D eigenvalue weighted by Gasteiger charge is 2.50. The number of hydrogen-bond acceptors (Lipinski definition) is 4. The van der Waals surface area contributed by atoms with Gasteiger partial charge in [0.2, 0.25) is 5.72 Å². The summed E-state index contributed by atoms with van der Waals surface area (Å²) in [5, 5.41) is 22.9. The summed E-state index contributed by atoms with van der Waals surface area (Å²) in [5.41, 5.74) is -2.68. The van der Waals surface area contributed by atoms with Crippen molar-refractivity contribution in [3.8, 4) is 0 Å². The van der Waals surface area contributed by atoms with Crippen LogP contribution in [0.2, 0.25) is 0 Å². The Labute approximate surface area is 85.1 Å². The SMILES string of the molecule is CCCC1=NC(O)(CCC)C(C)(O)N1. The van der Waals surface area contributed by atoms with Gasteiger partial charge in [-0.3, -0.25) is 0 Å². The van der Waals surface area contributed by atoms with Crippen molar-refractivity contribution in [3.63, 3.8) is 0 Å². The highest BCUT2D eigenvalue weighted by Crippen LogP contribution is 2.31. The Bertz CT molecular complexity index is 238. The summed E-state index contributed by atoms with van der Waals surface area (Å²) in [7, 11) is 0. The molecule has 3 N–H and O–H groups in total. The number of rotatable bonds is 4. The lowest BCUT2D eigenvalue weighted by molar-refractivity contribution is -0.138. The molecule has 0 radical (unpaired) electrons. The van der Waals surface area contributed by atoms with Gasteiger partial charge in [-0.2, -0.15) is 0 Å². The molecule has 0 aromatic rings. The van der Waals surface area contributed by atoms with Gasteiger partial charge in [-0.25, -0.2) is 4.99 Å². The van der Waals surface area contributed by atoms with E-state index in [0.717, 1.165) is 19.3 Å². The molecule has 0 aromatic heterocycles. The summed E-state index contributed by atoms with van der Waals surface area (Å²) < 4.78 is 0. The van der Waals surface area contributed by atoms with E-state index in [1.165, 1.54) is 0 Å². The average molecular weight is 200 g/mol. The van der Waals surface area contributed by atoms with Gasteiger partial charge >= 0.3 is 0 Å². The fraction of sp³-hybridized carbons (Fsp3) is 0.900. The first kappa shape index (κ1) is 11.5. The monoisotopic (exact) mass is 200 g/mol. The zero-order valence-electron chi connectivity index (χ0n) is 9.17. The Morgan fingerprint density at radius 3 is 2.43 bits per heavy atom. The maximum atomic E-state index is 10.1. The largest absolute Gasteiger partial charge is 0.367 e. The van der Waals surface area contributed by atoms with E-state index in [4.69, 9.17) is 0 Å². The lowest BCUT2D eigenvalue weighted by atomic mass is 9.98. The van der Waals surface area contributed by atoms with E-state index in [1.807, 2.05) is 13.8 Å². The van der Waals surface area contributed by atoms with Crippen LogP contribution in [-0.4, -0.2) is 27.5 Å². The molecule has 0 fully saturated rings. The third kappa shape index (κ3) is 1.91. The Balaban J connectivity index is 2.81. The predicted octanol–water partition coefficient (Wildman–Crippen LogP) is 0.985. The predicted molar refractivity (Wildman–Crippen MR) is 56.0 cm³/mol. The average Bonchev–Trinajstić information content (AvgIpc) is 2.23. The van der Waals surface area contributed by atoms with Crippen LogP contribution in [-0.2, 0) is 0 Å². The molecule has 0 bridgehead atoms. The minimum absolute atomic E-state index is 0.472. The number of nitrogens with one attached hydrogen (secondary N) is 1. The van der Waals surface area contributed by atoms with Gasteiger partial charge in [0.1, 0.15) is 5.84 Å². The van der Waals surface area contributed by atoms with Gasteiger partial charge in [-0.05, 0) is 13.3 Å². The summed E-state index contributed by atoms with van der Waals surface area (Å²) in [6, 6.07) is 0. The molecule has 0 aliphatic carbocycles. The summed E-state index contributed by atoms with van der Waals surface area (Å²) in [5.74, 6) is 0.702. The molecule has 0 saturated heterocycles. The van der Waals surface area contributed by atoms with Gasteiger partial charge in [-0.15, -0.1) is 0 Å². The molecule has 0 aromatic carbocycles. The normalized spacial score (nSPS) is 36.8. The van der Waals surface area contributed by atoms with E-state index >= 15 is 0 Å². The van der Waals surface area contributed by atoms with E-state index in [9.17, 15) is 10.2 Å². The lowest BCUT2D eigenvalue weighted by Gasteiger charge is -2.32. The molecule has 0 saturated carbocycles. The topological polar surface area (TPSA) is 64.9 Å². The van der Waals surface area contributed by atoms with Gasteiger partial charge in [0.05, 0.1) is 0 Å². The highest BCUT2D eigenvalue weighted by molar-refractivity contribution is 5.85. The summed E-state index contributed by atoms with van der Waals surface area (Å²) >= 11 is 0. The first-order chi connectivity index (χ1) is 6.45. The molecule has 1 aliphatic rings. The lowest BCUT2D eigenvalue weighted by Crippen LogP contribution is -2.55. The second-order valence-corrected chi connectivity index (χ2v) is 4.07. The van der Waals surface area contributed by atoms with Gasteiger partial charge in [-0.1, -0.05) is 20.3 Å². The Kier molecular flexibility index (Phi) is 3.17. The second kappa shape index (κ2) is 3.87. The number of hydrogen-bond donors (Lipinski definition) is 3. The molecule has 4 heteroatoms. The fourth-order valence-corrected chi connectivity index (χ4v) is 1.74. The standard InChI is InChI=1S/C10H20N2O2/c1-4-6-8-11-9(3,13)10(14,12-8)7-5-2/h13-14H,4-7H2,1-3H3,(H,11,12). The van der Waals surface area contributed by atoms with Crippen molar-refractivity contribution in [3.05, 3.63) is 0 Å². The first-order valence-corrected chi connectivity index (χ1v) is 5.27. The van der Waals surface area contributed by atoms with Crippen LogP contribution in [0.1, 0.15) is 46.5 Å². The molecule has 1 heterocycles. The summed E-state index contributed by atoms with van der Waals surface area (Å²) in [6.07, 6.45) is 2.98. The fourth-order valence-electron chi connectivity index (χ4n) is 1.74. The van der Waals surface area contributed by atoms with Crippen LogP contribution in [0, 0.1) is 0 Å². The van der Waals surface area contributed by atoms with Gasteiger partial charge < -0.3 is 15.5 Å². The Morgan fingerprint density at radius 1 is 1.29 bits per heavy atom. The van der Waals surface area contributed by atoms with Gasteiger partial charge in [0.15, 0.2) is 5.72 Å². The Morgan fingerprint density at radius 2 is 1.93 bits per heavy atom. The number of aliphatic hydroxyl groups is 2. The molecule has 82 valence electrons.